The van der Waals surface area contributed by atoms with Crippen LogP contribution in [0.4, 0.5) is 5.82 Å². The Morgan fingerprint density at radius 3 is 2.65 bits per heavy atom. The number of aromatic nitrogens is 1. The lowest BCUT2D eigenvalue weighted by atomic mass is 10.1. The van der Waals surface area contributed by atoms with Crippen LogP contribution in [0.1, 0.15) is 42.5 Å². The summed E-state index contributed by atoms with van der Waals surface area (Å²) < 4.78 is 32.8. The van der Waals surface area contributed by atoms with E-state index in [1.807, 2.05) is 4.90 Å². The zero-order chi connectivity index (χ0) is 18.6. The minimum absolute atomic E-state index is 0.0703. The quantitative estimate of drug-likeness (QED) is 0.729. The highest BCUT2D eigenvalue weighted by Crippen LogP contribution is 2.20. The molecular formula is C17H25N3O5S. The molecule has 1 unspecified atom stereocenters. The van der Waals surface area contributed by atoms with Crippen molar-refractivity contribution in [1.82, 2.24) is 9.71 Å². The topological polar surface area (TPSA) is 109 Å². The Bertz CT molecular complexity index is 708. The van der Waals surface area contributed by atoms with Gasteiger partial charge in [0.1, 0.15) is 5.82 Å². The van der Waals surface area contributed by atoms with Crippen molar-refractivity contribution >= 4 is 21.8 Å². The predicted molar refractivity (Wildman–Crippen MR) is 96.9 cm³/mol. The fourth-order valence-corrected chi connectivity index (χ4v) is 4.83. The van der Waals surface area contributed by atoms with Crippen molar-refractivity contribution in [3.05, 3.63) is 23.9 Å². The molecule has 2 N–H and O–H groups in total. The number of carboxylic acids is 1. The third-order valence-electron chi connectivity index (χ3n) is 4.89. The number of pyridine rings is 1. The molecule has 1 aromatic rings. The Kier molecular flexibility index (Phi) is 6.10. The van der Waals surface area contributed by atoms with E-state index in [2.05, 4.69) is 9.71 Å². The van der Waals surface area contributed by atoms with Gasteiger partial charge < -0.3 is 14.7 Å². The zero-order valence-corrected chi connectivity index (χ0v) is 15.5. The molecule has 0 aliphatic carbocycles. The highest BCUT2D eigenvalue weighted by atomic mass is 32.2. The summed E-state index contributed by atoms with van der Waals surface area (Å²) in [5.41, 5.74) is 0.155. The van der Waals surface area contributed by atoms with Gasteiger partial charge in [-0.3, -0.25) is 0 Å². The molecule has 2 saturated heterocycles. The molecule has 0 amide bonds. The molecule has 1 aromatic heterocycles. The Morgan fingerprint density at radius 1 is 1.31 bits per heavy atom. The molecule has 9 heteroatoms. The molecule has 2 aliphatic heterocycles. The van der Waals surface area contributed by atoms with Crippen LogP contribution in [0.15, 0.2) is 18.3 Å². The van der Waals surface area contributed by atoms with E-state index in [9.17, 15) is 13.2 Å². The molecule has 0 aromatic carbocycles. The number of hydrogen-bond donors (Lipinski definition) is 2. The number of sulfonamides is 1. The first-order valence-corrected chi connectivity index (χ1v) is 10.6. The minimum atomic E-state index is -3.30. The number of nitrogens with zero attached hydrogens (tertiary/aromatic N) is 2. The van der Waals surface area contributed by atoms with Crippen molar-refractivity contribution in [3.8, 4) is 0 Å². The van der Waals surface area contributed by atoms with Gasteiger partial charge in [-0.25, -0.2) is 22.9 Å². The van der Waals surface area contributed by atoms with Gasteiger partial charge in [-0.05, 0) is 44.2 Å². The average Bonchev–Trinajstić information content (AvgIpc) is 3.14. The van der Waals surface area contributed by atoms with Crippen LogP contribution < -0.4 is 9.62 Å². The Hall–Kier alpha value is -1.71. The van der Waals surface area contributed by atoms with Gasteiger partial charge in [-0.15, -0.1) is 0 Å². The Morgan fingerprint density at radius 2 is 2.08 bits per heavy atom. The number of carbonyl (C=O) groups is 1. The van der Waals surface area contributed by atoms with E-state index in [1.165, 1.54) is 12.3 Å². The first kappa shape index (κ1) is 19.1. The summed E-state index contributed by atoms with van der Waals surface area (Å²) in [7, 11) is -3.30. The molecule has 8 nitrogen and oxygen atoms in total. The highest BCUT2D eigenvalue weighted by molar-refractivity contribution is 7.89. The monoisotopic (exact) mass is 383 g/mol. The van der Waals surface area contributed by atoms with E-state index >= 15 is 0 Å². The van der Waals surface area contributed by atoms with E-state index in [4.69, 9.17) is 9.84 Å². The molecule has 144 valence electrons. The number of aromatic carboxylic acids is 1. The van der Waals surface area contributed by atoms with Crippen molar-refractivity contribution in [3.63, 3.8) is 0 Å². The molecule has 0 saturated carbocycles. The zero-order valence-electron chi connectivity index (χ0n) is 14.6. The van der Waals surface area contributed by atoms with Gasteiger partial charge in [0.15, 0.2) is 0 Å². The van der Waals surface area contributed by atoms with Crippen LogP contribution in [0.3, 0.4) is 0 Å². The summed E-state index contributed by atoms with van der Waals surface area (Å²) in [6.07, 6.45) is 5.32. The second-order valence-corrected chi connectivity index (χ2v) is 8.71. The number of rotatable bonds is 7. The van der Waals surface area contributed by atoms with Crippen LogP contribution in [-0.4, -0.2) is 62.1 Å². The van der Waals surface area contributed by atoms with Crippen molar-refractivity contribution in [1.29, 1.82) is 0 Å². The standard InChI is InChI=1S/C17H25N3O5S/c21-17(22)13-3-4-16(18-12-13)20-8-5-14(6-9-20)19-26(23,24)11-7-15-2-1-10-25-15/h3-4,12,14-15,19H,1-2,5-11H2,(H,21,22). The van der Waals surface area contributed by atoms with E-state index in [-0.39, 0.29) is 23.5 Å². The predicted octanol–water partition coefficient (Wildman–Crippen LogP) is 1.24. The summed E-state index contributed by atoms with van der Waals surface area (Å²) >= 11 is 0. The SMILES string of the molecule is O=C(O)c1ccc(N2CCC(NS(=O)(=O)CCC3CCCO3)CC2)nc1. The van der Waals surface area contributed by atoms with Crippen LogP contribution in [0.5, 0.6) is 0 Å². The van der Waals surface area contributed by atoms with Crippen molar-refractivity contribution < 1.29 is 23.1 Å². The van der Waals surface area contributed by atoms with E-state index < -0.39 is 16.0 Å². The molecule has 2 fully saturated rings. The molecule has 1 atom stereocenters. The average molecular weight is 383 g/mol. The molecule has 0 bridgehead atoms. The van der Waals surface area contributed by atoms with Crippen molar-refractivity contribution in [2.45, 2.75) is 44.2 Å². The highest BCUT2D eigenvalue weighted by Gasteiger charge is 2.25. The molecular weight excluding hydrogens is 358 g/mol. The number of anilines is 1. The first-order valence-electron chi connectivity index (χ1n) is 8.99. The third-order valence-corrected chi connectivity index (χ3v) is 6.36. The summed E-state index contributed by atoms with van der Waals surface area (Å²) in [4.78, 5) is 17.1. The molecule has 3 heterocycles. The number of piperidine rings is 1. The van der Waals surface area contributed by atoms with Crippen molar-refractivity contribution in [2.24, 2.45) is 0 Å². The maximum absolute atomic E-state index is 12.3. The van der Waals surface area contributed by atoms with E-state index in [0.29, 0.717) is 32.4 Å². The van der Waals surface area contributed by atoms with Gasteiger partial charge in [0.05, 0.1) is 17.4 Å². The van der Waals surface area contributed by atoms with Gasteiger partial charge in [0.2, 0.25) is 10.0 Å². The summed E-state index contributed by atoms with van der Waals surface area (Å²) in [5, 5.41) is 8.92. The number of nitrogens with one attached hydrogen (secondary N) is 1. The molecule has 26 heavy (non-hydrogen) atoms. The lowest BCUT2D eigenvalue weighted by Gasteiger charge is -2.33. The Labute approximate surface area is 153 Å². The summed E-state index contributed by atoms with van der Waals surface area (Å²) in [5.74, 6) is -0.175. The summed E-state index contributed by atoms with van der Waals surface area (Å²) in [6, 6.07) is 3.15. The first-order chi connectivity index (χ1) is 12.4. The minimum Gasteiger partial charge on any atom is -0.478 e. The van der Waals surface area contributed by atoms with E-state index in [0.717, 1.165) is 25.3 Å². The molecule has 0 spiro atoms. The largest absolute Gasteiger partial charge is 0.478 e. The van der Waals surface area contributed by atoms with Crippen LogP contribution in [0.2, 0.25) is 0 Å². The third kappa shape index (κ3) is 5.15. The molecule has 3 rings (SSSR count). The maximum atomic E-state index is 12.3. The lowest BCUT2D eigenvalue weighted by Crippen LogP contribution is -2.45. The van der Waals surface area contributed by atoms with Gasteiger partial charge in [0, 0.05) is 31.9 Å². The van der Waals surface area contributed by atoms with Crippen LogP contribution in [0.25, 0.3) is 0 Å². The number of hydrogen-bond acceptors (Lipinski definition) is 6. The number of ether oxygens (including phenoxy) is 1. The molecule has 2 aliphatic rings. The second-order valence-electron chi connectivity index (χ2n) is 6.83. The second kappa shape index (κ2) is 8.32. The van der Waals surface area contributed by atoms with E-state index in [1.54, 1.807) is 6.07 Å². The Balaban J connectivity index is 1.46. The van der Waals surface area contributed by atoms with Crippen LogP contribution in [0, 0.1) is 0 Å². The molecule has 0 radical (unpaired) electrons. The number of carboxylic acid groups (broad SMARTS) is 1. The van der Waals surface area contributed by atoms with Gasteiger partial charge >= 0.3 is 5.97 Å². The maximum Gasteiger partial charge on any atom is 0.337 e. The van der Waals surface area contributed by atoms with Crippen LogP contribution in [-0.2, 0) is 14.8 Å². The van der Waals surface area contributed by atoms with Crippen LogP contribution >= 0.6 is 0 Å². The fourth-order valence-electron chi connectivity index (χ4n) is 3.40. The van der Waals surface area contributed by atoms with Gasteiger partial charge in [-0.1, -0.05) is 0 Å². The van der Waals surface area contributed by atoms with Gasteiger partial charge in [0.25, 0.3) is 0 Å². The fraction of sp³-hybridized carbons (Fsp3) is 0.647. The normalized spacial score (nSPS) is 21.8. The van der Waals surface area contributed by atoms with Gasteiger partial charge in [-0.2, -0.15) is 0 Å². The lowest BCUT2D eigenvalue weighted by molar-refractivity contribution is 0.0696. The smallest absolute Gasteiger partial charge is 0.337 e. The van der Waals surface area contributed by atoms with Crippen molar-refractivity contribution in [2.75, 3.05) is 30.3 Å². The summed E-state index contributed by atoms with van der Waals surface area (Å²) in [6.45, 7) is 2.09.